The van der Waals surface area contributed by atoms with Crippen molar-refractivity contribution in [1.82, 2.24) is 19.4 Å². The molecule has 0 aliphatic carbocycles. The number of carbonyl (C=O) groups excluding carboxylic acids is 1. The molecule has 4 rings (SSSR count). The van der Waals surface area contributed by atoms with Crippen molar-refractivity contribution in [3.05, 3.63) is 100 Å². The van der Waals surface area contributed by atoms with Gasteiger partial charge in [-0.3, -0.25) is 15.2 Å². The fourth-order valence-electron chi connectivity index (χ4n) is 3.80. The number of imidazole rings is 1. The number of aryl methyl sites for hydroxylation is 2. The van der Waals surface area contributed by atoms with Crippen LogP contribution in [0.25, 0.3) is 11.1 Å². The highest BCUT2D eigenvalue weighted by Gasteiger charge is 2.14. The van der Waals surface area contributed by atoms with Crippen LogP contribution in [0.15, 0.2) is 67.3 Å². The van der Waals surface area contributed by atoms with Gasteiger partial charge in [0.15, 0.2) is 0 Å². The maximum Gasteiger partial charge on any atom is 0.251 e. The number of nitrogens with one attached hydrogen (secondary N) is 2. The first-order chi connectivity index (χ1) is 16.4. The number of carbonyl (C=O) groups is 1. The lowest BCUT2D eigenvalue weighted by Gasteiger charge is -2.13. The molecule has 174 valence electrons. The van der Waals surface area contributed by atoms with Crippen molar-refractivity contribution in [2.45, 2.75) is 20.0 Å². The van der Waals surface area contributed by atoms with Gasteiger partial charge in [0.25, 0.3) is 5.91 Å². The molecule has 2 aromatic heterocycles. The van der Waals surface area contributed by atoms with Crippen LogP contribution in [0.4, 0.5) is 0 Å². The number of ether oxygens (including phenoxy) is 1. The SMILES string of the molecule is COc1cnccc1-c1cc(Cn2ccn(C)c2=N)cc(C(=O)NCc2ccc(Cl)c(C)c2)c1. The molecule has 7 nitrogen and oxygen atoms in total. The minimum atomic E-state index is -0.187. The first-order valence-corrected chi connectivity index (χ1v) is 11.2. The second-order valence-corrected chi connectivity index (χ2v) is 8.53. The molecule has 1 amide bonds. The van der Waals surface area contributed by atoms with E-state index in [0.29, 0.717) is 35.0 Å². The fourth-order valence-corrected chi connectivity index (χ4v) is 3.92. The van der Waals surface area contributed by atoms with Gasteiger partial charge in [0.1, 0.15) is 5.75 Å². The van der Waals surface area contributed by atoms with Crippen LogP contribution in [-0.4, -0.2) is 27.1 Å². The number of halogens is 1. The Kier molecular flexibility index (Phi) is 6.84. The van der Waals surface area contributed by atoms with E-state index in [1.807, 2.05) is 73.4 Å². The topological polar surface area (TPSA) is 84.9 Å². The molecule has 2 aromatic carbocycles. The van der Waals surface area contributed by atoms with Gasteiger partial charge in [0, 0.05) is 48.3 Å². The summed E-state index contributed by atoms with van der Waals surface area (Å²) in [4.78, 5) is 17.3. The van der Waals surface area contributed by atoms with Gasteiger partial charge in [0.2, 0.25) is 5.62 Å². The minimum Gasteiger partial charge on any atom is -0.494 e. The van der Waals surface area contributed by atoms with E-state index in [1.54, 1.807) is 24.1 Å². The van der Waals surface area contributed by atoms with Crippen molar-refractivity contribution in [2.24, 2.45) is 7.05 Å². The van der Waals surface area contributed by atoms with Gasteiger partial charge < -0.3 is 19.2 Å². The van der Waals surface area contributed by atoms with Gasteiger partial charge in [-0.15, -0.1) is 0 Å². The molecule has 4 aromatic rings. The summed E-state index contributed by atoms with van der Waals surface area (Å²) >= 11 is 6.12. The Hall–Kier alpha value is -3.84. The number of aromatic nitrogens is 3. The normalized spacial score (nSPS) is 10.8. The smallest absolute Gasteiger partial charge is 0.251 e. The van der Waals surface area contributed by atoms with E-state index >= 15 is 0 Å². The third-order valence-corrected chi connectivity index (χ3v) is 6.10. The molecule has 0 spiro atoms. The third kappa shape index (κ3) is 5.05. The molecule has 0 saturated heterocycles. The number of pyridine rings is 1. The summed E-state index contributed by atoms with van der Waals surface area (Å²) in [5.41, 5.74) is 5.41. The number of amides is 1. The third-order valence-electron chi connectivity index (χ3n) is 5.68. The Morgan fingerprint density at radius 3 is 2.68 bits per heavy atom. The van der Waals surface area contributed by atoms with E-state index in [9.17, 15) is 4.79 Å². The molecule has 34 heavy (non-hydrogen) atoms. The predicted molar refractivity (Wildman–Crippen MR) is 132 cm³/mol. The highest BCUT2D eigenvalue weighted by atomic mass is 35.5. The Bertz CT molecular complexity index is 1410. The maximum atomic E-state index is 13.2. The number of rotatable bonds is 7. The lowest BCUT2D eigenvalue weighted by molar-refractivity contribution is 0.0951. The van der Waals surface area contributed by atoms with Crippen LogP contribution in [0.3, 0.4) is 0 Å². The first-order valence-electron chi connectivity index (χ1n) is 10.8. The Morgan fingerprint density at radius 1 is 1.15 bits per heavy atom. The Morgan fingerprint density at radius 2 is 1.97 bits per heavy atom. The molecule has 0 unspecified atom stereocenters. The van der Waals surface area contributed by atoms with Crippen molar-refractivity contribution in [1.29, 1.82) is 5.41 Å². The molecular formula is C26H26ClN5O2. The monoisotopic (exact) mass is 475 g/mol. The molecule has 0 aliphatic heterocycles. The van der Waals surface area contributed by atoms with Crippen molar-refractivity contribution in [2.75, 3.05) is 7.11 Å². The standard InChI is InChI=1S/C26H26ClN5O2/c1-17-10-18(4-5-23(17)27)14-30-25(33)21-12-19(16-32-9-8-31(2)26(32)28)11-20(13-21)22-6-7-29-15-24(22)34-3/h4-13,15,28H,14,16H2,1-3H3,(H,30,33). The zero-order valence-corrected chi connectivity index (χ0v) is 20.1. The largest absolute Gasteiger partial charge is 0.494 e. The van der Waals surface area contributed by atoms with E-state index in [-0.39, 0.29) is 5.91 Å². The molecule has 0 aliphatic rings. The highest BCUT2D eigenvalue weighted by Crippen LogP contribution is 2.30. The number of methoxy groups -OCH3 is 1. The summed E-state index contributed by atoms with van der Waals surface area (Å²) in [6, 6.07) is 13.3. The van der Waals surface area contributed by atoms with E-state index < -0.39 is 0 Å². The summed E-state index contributed by atoms with van der Waals surface area (Å²) in [5.74, 6) is 0.434. The van der Waals surface area contributed by atoms with E-state index in [2.05, 4.69) is 10.3 Å². The van der Waals surface area contributed by atoms with Crippen molar-refractivity contribution < 1.29 is 9.53 Å². The lowest BCUT2D eigenvalue weighted by Crippen LogP contribution is -2.24. The molecule has 2 heterocycles. The van der Waals surface area contributed by atoms with E-state index in [0.717, 1.165) is 27.8 Å². The predicted octanol–water partition coefficient (Wildman–Crippen LogP) is 4.32. The van der Waals surface area contributed by atoms with E-state index in [1.165, 1.54) is 0 Å². The van der Waals surface area contributed by atoms with Gasteiger partial charge in [-0.25, -0.2) is 0 Å². The van der Waals surface area contributed by atoms with Crippen LogP contribution >= 0.6 is 11.6 Å². The molecule has 0 atom stereocenters. The summed E-state index contributed by atoms with van der Waals surface area (Å²) in [7, 11) is 3.42. The van der Waals surface area contributed by atoms with Crippen LogP contribution in [0.1, 0.15) is 27.0 Å². The van der Waals surface area contributed by atoms with Gasteiger partial charge in [-0.1, -0.05) is 23.7 Å². The average molecular weight is 476 g/mol. The second kappa shape index (κ2) is 9.97. The lowest BCUT2D eigenvalue weighted by atomic mass is 9.99. The molecule has 0 saturated carbocycles. The summed E-state index contributed by atoms with van der Waals surface area (Å²) in [5, 5.41) is 11.9. The van der Waals surface area contributed by atoms with Gasteiger partial charge in [0.05, 0.1) is 19.9 Å². The first kappa shape index (κ1) is 23.3. The highest BCUT2D eigenvalue weighted by molar-refractivity contribution is 6.31. The number of nitrogens with zero attached hydrogens (tertiary/aromatic N) is 3. The fraction of sp³-hybridized carbons (Fsp3) is 0.192. The minimum absolute atomic E-state index is 0.187. The summed E-state index contributed by atoms with van der Waals surface area (Å²) < 4.78 is 9.05. The van der Waals surface area contributed by atoms with Crippen LogP contribution < -0.4 is 15.7 Å². The molecule has 0 bridgehead atoms. The zero-order valence-electron chi connectivity index (χ0n) is 19.3. The molecule has 8 heteroatoms. The second-order valence-electron chi connectivity index (χ2n) is 8.12. The molecule has 0 fully saturated rings. The van der Waals surface area contributed by atoms with Crippen LogP contribution in [0, 0.1) is 12.3 Å². The number of hydrogen-bond donors (Lipinski definition) is 2. The van der Waals surface area contributed by atoms with E-state index in [4.69, 9.17) is 21.7 Å². The van der Waals surface area contributed by atoms with Crippen LogP contribution in [0.2, 0.25) is 5.02 Å². The van der Waals surface area contributed by atoms with Gasteiger partial charge in [-0.2, -0.15) is 0 Å². The van der Waals surface area contributed by atoms with Crippen molar-refractivity contribution in [3.8, 4) is 16.9 Å². The summed E-state index contributed by atoms with van der Waals surface area (Å²) in [6.45, 7) is 2.78. The van der Waals surface area contributed by atoms with Crippen LogP contribution in [-0.2, 0) is 20.1 Å². The molecule has 2 N–H and O–H groups in total. The Balaban J connectivity index is 1.68. The average Bonchev–Trinajstić information content (AvgIpc) is 3.16. The number of hydrogen-bond acceptors (Lipinski definition) is 4. The zero-order chi connectivity index (χ0) is 24.2. The Labute approximate surface area is 203 Å². The maximum absolute atomic E-state index is 13.2. The quantitative estimate of drug-likeness (QED) is 0.417. The molecule has 0 radical (unpaired) electrons. The number of benzene rings is 2. The summed E-state index contributed by atoms with van der Waals surface area (Å²) in [6.07, 6.45) is 7.03. The van der Waals surface area contributed by atoms with Gasteiger partial charge in [-0.05, 0) is 59.5 Å². The van der Waals surface area contributed by atoms with Crippen molar-refractivity contribution >= 4 is 17.5 Å². The van der Waals surface area contributed by atoms with Crippen LogP contribution in [0.5, 0.6) is 5.75 Å². The van der Waals surface area contributed by atoms with Crippen molar-refractivity contribution in [3.63, 3.8) is 0 Å². The van der Waals surface area contributed by atoms with Gasteiger partial charge >= 0.3 is 0 Å². The molecular weight excluding hydrogens is 450 g/mol.